The molecule has 2 aliphatic rings. The highest BCUT2D eigenvalue weighted by atomic mass is 35.5. The molecule has 1 aromatic carbocycles. The first-order valence-corrected chi connectivity index (χ1v) is 9.35. The van der Waals surface area contributed by atoms with Crippen molar-refractivity contribution < 1.29 is 4.39 Å². The molecule has 1 saturated carbocycles. The van der Waals surface area contributed by atoms with E-state index in [4.69, 9.17) is 22.3 Å². The number of nitrogens with two attached hydrogens (primary N) is 1. The molecule has 3 N–H and O–H groups in total. The molecule has 1 aromatic rings. The number of aliphatic imine (C=N–C) groups is 1. The fourth-order valence-electron chi connectivity index (χ4n) is 4.00. The Hall–Kier alpha value is -1.49. The number of alkyl halides is 1. The topological polar surface area (TPSA) is 53.6 Å². The zero-order valence-corrected chi connectivity index (χ0v) is 16.2. The maximum atomic E-state index is 14.8. The molecule has 1 aliphatic carbocycles. The lowest BCUT2D eigenvalue weighted by Gasteiger charge is -2.48. The van der Waals surface area contributed by atoms with Crippen LogP contribution in [0.15, 0.2) is 23.2 Å². The minimum Gasteiger partial charge on any atom is -0.381 e. The lowest BCUT2D eigenvalue weighted by atomic mass is 9.68. The molecule has 0 spiro atoms. The number of nitrogens with zero attached hydrogens (tertiary/aromatic N) is 2. The molecule has 0 saturated heterocycles. The number of guanidine groups is 1. The second kappa shape index (κ2) is 6.35. The van der Waals surface area contributed by atoms with Crippen molar-refractivity contribution in [3.8, 4) is 0 Å². The minimum absolute atomic E-state index is 0.123. The van der Waals surface area contributed by atoms with Gasteiger partial charge in [-0.25, -0.2) is 9.38 Å². The summed E-state index contributed by atoms with van der Waals surface area (Å²) in [6.07, 6.45) is 3.18. The van der Waals surface area contributed by atoms with Crippen LogP contribution in [-0.2, 0) is 5.54 Å². The third kappa shape index (κ3) is 3.19. The maximum absolute atomic E-state index is 14.8. The van der Waals surface area contributed by atoms with E-state index in [1.54, 1.807) is 6.07 Å². The van der Waals surface area contributed by atoms with Crippen LogP contribution >= 0.6 is 11.6 Å². The average molecular weight is 367 g/mol. The molecule has 25 heavy (non-hydrogen) atoms. The zero-order valence-electron chi connectivity index (χ0n) is 15.4. The monoisotopic (exact) mass is 366 g/mol. The molecule has 0 amide bonds. The van der Waals surface area contributed by atoms with Crippen molar-refractivity contribution >= 4 is 23.2 Å². The van der Waals surface area contributed by atoms with Gasteiger partial charge in [0.1, 0.15) is 5.82 Å². The summed E-state index contributed by atoms with van der Waals surface area (Å²) in [5.74, 6) is 0.187. The van der Waals surface area contributed by atoms with Gasteiger partial charge in [-0.15, -0.1) is 11.6 Å². The summed E-state index contributed by atoms with van der Waals surface area (Å²) in [4.78, 5) is 6.61. The van der Waals surface area contributed by atoms with Gasteiger partial charge < -0.3 is 16.0 Å². The number of benzene rings is 1. The molecule has 3 rings (SSSR count). The lowest BCUT2D eigenvalue weighted by molar-refractivity contribution is 0.124. The first kappa shape index (κ1) is 18.3. The van der Waals surface area contributed by atoms with Crippen molar-refractivity contribution in [1.29, 1.82) is 0 Å². The average Bonchev–Trinajstić information content (AvgIpc) is 2.92. The highest BCUT2D eigenvalue weighted by Gasteiger charge is 2.48. The Morgan fingerprint density at radius 3 is 2.68 bits per heavy atom. The first-order chi connectivity index (χ1) is 11.6. The van der Waals surface area contributed by atoms with Gasteiger partial charge in [-0.1, -0.05) is 13.8 Å². The van der Waals surface area contributed by atoms with Crippen LogP contribution in [0, 0.1) is 11.2 Å². The first-order valence-electron chi connectivity index (χ1n) is 8.91. The van der Waals surface area contributed by atoms with Crippen LogP contribution in [0.4, 0.5) is 10.1 Å². The molecule has 4 nitrogen and oxygen atoms in total. The van der Waals surface area contributed by atoms with Crippen molar-refractivity contribution in [2.75, 3.05) is 18.9 Å². The van der Waals surface area contributed by atoms with Gasteiger partial charge in [-0.3, -0.25) is 0 Å². The summed E-state index contributed by atoms with van der Waals surface area (Å²) in [6.45, 7) is 6.88. The molecular formula is C19H28ClFN4. The van der Waals surface area contributed by atoms with Gasteiger partial charge in [-0.2, -0.15) is 0 Å². The normalized spacial score (nSPS) is 31.8. The van der Waals surface area contributed by atoms with Gasteiger partial charge in [0.25, 0.3) is 0 Å². The van der Waals surface area contributed by atoms with Crippen molar-refractivity contribution in [1.82, 2.24) is 4.90 Å². The van der Waals surface area contributed by atoms with Crippen LogP contribution in [0.2, 0.25) is 0 Å². The van der Waals surface area contributed by atoms with E-state index in [-0.39, 0.29) is 22.7 Å². The van der Waals surface area contributed by atoms with E-state index in [1.807, 2.05) is 24.9 Å². The van der Waals surface area contributed by atoms with Gasteiger partial charge in [0.05, 0.1) is 10.9 Å². The highest BCUT2D eigenvalue weighted by molar-refractivity contribution is 6.21. The van der Waals surface area contributed by atoms with E-state index in [0.717, 1.165) is 24.9 Å². The number of halogens is 2. The summed E-state index contributed by atoms with van der Waals surface area (Å²) < 4.78 is 14.8. The molecule has 0 aromatic heterocycles. The largest absolute Gasteiger partial charge is 0.381 e. The fourth-order valence-corrected chi connectivity index (χ4v) is 4.34. The smallest absolute Gasteiger partial charge is 0.191 e. The predicted octanol–water partition coefficient (Wildman–Crippen LogP) is 3.90. The van der Waals surface area contributed by atoms with Crippen molar-refractivity contribution in [3.05, 3.63) is 29.6 Å². The predicted molar refractivity (Wildman–Crippen MR) is 103 cm³/mol. The molecule has 0 radical (unpaired) electrons. The van der Waals surface area contributed by atoms with Gasteiger partial charge >= 0.3 is 0 Å². The molecule has 3 atom stereocenters. The number of rotatable bonds is 3. The quantitative estimate of drug-likeness (QED) is 0.798. The third-order valence-corrected chi connectivity index (χ3v) is 6.48. The summed E-state index contributed by atoms with van der Waals surface area (Å²) in [5.41, 5.74) is 6.52. The van der Waals surface area contributed by atoms with E-state index in [0.29, 0.717) is 18.1 Å². The summed E-state index contributed by atoms with van der Waals surface area (Å²) in [7, 11) is 1.91. The minimum atomic E-state index is -0.735. The van der Waals surface area contributed by atoms with E-state index in [2.05, 4.69) is 19.2 Å². The molecule has 6 heteroatoms. The fraction of sp³-hybridized carbons (Fsp3) is 0.632. The van der Waals surface area contributed by atoms with E-state index < -0.39 is 5.54 Å². The molecular weight excluding hydrogens is 339 g/mol. The van der Waals surface area contributed by atoms with Gasteiger partial charge in [0.2, 0.25) is 0 Å². The van der Waals surface area contributed by atoms with Crippen molar-refractivity contribution in [2.45, 2.75) is 57.0 Å². The van der Waals surface area contributed by atoms with E-state index in [1.165, 1.54) is 6.07 Å². The Morgan fingerprint density at radius 2 is 2.04 bits per heavy atom. The van der Waals surface area contributed by atoms with Gasteiger partial charge in [-0.05, 0) is 44.4 Å². The van der Waals surface area contributed by atoms with Crippen LogP contribution in [0.1, 0.15) is 45.6 Å². The third-order valence-electron chi connectivity index (χ3n) is 5.95. The summed E-state index contributed by atoms with van der Waals surface area (Å²) in [5, 5.41) is 3.60. The molecule has 3 unspecified atom stereocenters. The Bertz CT molecular complexity index is 690. The van der Waals surface area contributed by atoms with Crippen LogP contribution < -0.4 is 11.1 Å². The second-order valence-electron chi connectivity index (χ2n) is 8.17. The second-order valence-corrected chi connectivity index (χ2v) is 8.74. The van der Waals surface area contributed by atoms with Crippen molar-refractivity contribution in [2.24, 2.45) is 16.1 Å². The van der Waals surface area contributed by atoms with Crippen LogP contribution in [-0.4, -0.2) is 35.9 Å². The Kier molecular flexibility index (Phi) is 4.65. The van der Waals surface area contributed by atoms with Crippen LogP contribution in [0.25, 0.3) is 0 Å². The Labute approximate surface area is 154 Å². The molecule has 1 heterocycles. The molecule has 1 aliphatic heterocycles. The Balaban J connectivity index is 1.99. The Morgan fingerprint density at radius 1 is 1.32 bits per heavy atom. The summed E-state index contributed by atoms with van der Waals surface area (Å²) in [6, 6.07) is 5.40. The molecule has 1 fully saturated rings. The number of hydrogen-bond donors (Lipinski definition) is 2. The maximum Gasteiger partial charge on any atom is 0.191 e. The number of nitrogens with one attached hydrogen (secondary N) is 1. The van der Waals surface area contributed by atoms with Crippen LogP contribution in [0.5, 0.6) is 0 Å². The summed E-state index contributed by atoms with van der Waals surface area (Å²) >= 11 is 6.38. The van der Waals surface area contributed by atoms with Crippen LogP contribution in [0.3, 0.4) is 0 Å². The molecule has 0 bridgehead atoms. The van der Waals surface area contributed by atoms with Gasteiger partial charge in [0.15, 0.2) is 5.96 Å². The number of anilines is 1. The van der Waals surface area contributed by atoms with Crippen molar-refractivity contribution in [3.63, 3.8) is 0 Å². The zero-order chi connectivity index (χ0) is 18.4. The van der Waals surface area contributed by atoms with E-state index in [9.17, 15) is 4.39 Å². The standard InChI is InChI=1S/C19H28ClFN4/c1-18(2)11-25(4)17(22)24-19(18,3)13-10-12(8-9-15(13)21)23-16-7-5-6-14(16)20/h8-10,14,16,23H,5-7,11H2,1-4H3,(H2,22,24). The van der Waals surface area contributed by atoms with Gasteiger partial charge in [0, 0.05) is 36.3 Å². The lowest BCUT2D eigenvalue weighted by Crippen LogP contribution is -2.54. The number of hydrogen-bond acceptors (Lipinski definition) is 4. The SMILES string of the molecule is CN1CC(C)(C)C(C)(c2cc(NC3CCCC3Cl)ccc2F)N=C1N. The highest BCUT2D eigenvalue weighted by Crippen LogP contribution is 2.47. The van der Waals surface area contributed by atoms with E-state index >= 15 is 0 Å². The molecule has 138 valence electrons.